The van der Waals surface area contributed by atoms with Crippen LogP contribution in [0.5, 0.6) is 0 Å². The number of anilines is 1. The lowest BCUT2D eigenvalue weighted by atomic mass is 9.93. The van der Waals surface area contributed by atoms with Gasteiger partial charge < -0.3 is 5.73 Å². The predicted octanol–water partition coefficient (Wildman–Crippen LogP) is 2.31. The Kier molecular flexibility index (Phi) is 3.39. The van der Waals surface area contributed by atoms with E-state index in [2.05, 4.69) is 13.8 Å². The molecule has 4 nitrogen and oxygen atoms in total. The summed E-state index contributed by atoms with van der Waals surface area (Å²) in [5.41, 5.74) is 8.25. The Morgan fingerprint density at radius 2 is 1.79 bits per heavy atom. The van der Waals surface area contributed by atoms with Gasteiger partial charge in [0.15, 0.2) is 0 Å². The van der Waals surface area contributed by atoms with E-state index in [1.165, 1.54) is 0 Å². The molecule has 0 aliphatic carbocycles. The van der Waals surface area contributed by atoms with Crippen molar-refractivity contribution in [3.05, 3.63) is 23.3 Å². The van der Waals surface area contributed by atoms with Gasteiger partial charge >= 0.3 is 0 Å². The second-order valence-electron chi connectivity index (χ2n) is 6.23. The van der Waals surface area contributed by atoms with Crippen LogP contribution in [0, 0.1) is 19.3 Å². The van der Waals surface area contributed by atoms with Crippen LogP contribution >= 0.6 is 0 Å². The van der Waals surface area contributed by atoms with Gasteiger partial charge in [-0.05, 0) is 48.9 Å². The Balaban J connectivity index is 2.44. The predicted molar refractivity (Wildman–Crippen MR) is 77.5 cm³/mol. The molecule has 0 spiro atoms. The molecule has 2 rings (SSSR count). The van der Waals surface area contributed by atoms with Gasteiger partial charge in [-0.15, -0.1) is 0 Å². The number of hydrogen-bond acceptors (Lipinski definition) is 3. The minimum absolute atomic E-state index is 0.0432. The number of nitrogen functional groups attached to an aromatic ring is 1. The van der Waals surface area contributed by atoms with Gasteiger partial charge in [0.1, 0.15) is 4.90 Å². The Labute approximate surface area is 115 Å². The van der Waals surface area contributed by atoms with Crippen molar-refractivity contribution in [3.63, 3.8) is 0 Å². The zero-order valence-electron chi connectivity index (χ0n) is 12.0. The topological polar surface area (TPSA) is 63.4 Å². The van der Waals surface area contributed by atoms with Crippen LogP contribution < -0.4 is 5.73 Å². The number of hydrogen-bond donors (Lipinski definition) is 1. The Morgan fingerprint density at radius 3 is 2.32 bits per heavy atom. The minimum atomic E-state index is -3.47. The first-order chi connectivity index (χ1) is 8.63. The average molecular weight is 282 g/mol. The Hall–Kier alpha value is -1.07. The van der Waals surface area contributed by atoms with E-state index < -0.39 is 10.0 Å². The number of benzene rings is 1. The summed E-state index contributed by atoms with van der Waals surface area (Å²) in [7, 11) is -3.47. The van der Waals surface area contributed by atoms with E-state index in [4.69, 9.17) is 5.73 Å². The standard InChI is InChI=1S/C14H22N2O2S/c1-10-7-12(15)13(8-11(10)2)19(17,18)16-6-5-14(3,4)9-16/h7-8H,5-6,9,15H2,1-4H3. The second kappa shape index (κ2) is 4.49. The quantitative estimate of drug-likeness (QED) is 0.847. The summed E-state index contributed by atoms with van der Waals surface area (Å²) < 4.78 is 26.9. The van der Waals surface area contributed by atoms with E-state index in [-0.39, 0.29) is 10.3 Å². The van der Waals surface area contributed by atoms with E-state index >= 15 is 0 Å². The summed E-state index contributed by atoms with van der Waals surface area (Å²) in [6, 6.07) is 3.43. The van der Waals surface area contributed by atoms with Crippen LogP contribution in [0.1, 0.15) is 31.4 Å². The number of nitrogens with zero attached hydrogens (tertiary/aromatic N) is 1. The Bertz CT molecular complexity index is 606. The van der Waals surface area contributed by atoms with Crippen LogP contribution in [0.2, 0.25) is 0 Å². The first-order valence-corrected chi connectivity index (χ1v) is 7.94. The molecule has 1 aliphatic heterocycles. The highest BCUT2D eigenvalue weighted by atomic mass is 32.2. The van der Waals surface area contributed by atoms with Crippen molar-refractivity contribution in [3.8, 4) is 0 Å². The van der Waals surface area contributed by atoms with Gasteiger partial charge in [0.2, 0.25) is 10.0 Å². The SMILES string of the molecule is Cc1cc(N)c(S(=O)(=O)N2CCC(C)(C)C2)cc1C. The van der Waals surface area contributed by atoms with Crippen molar-refractivity contribution in [2.24, 2.45) is 5.41 Å². The van der Waals surface area contributed by atoms with Crippen LogP contribution in [0.15, 0.2) is 17.0 Å². The molecule has 1 aliphatic rings. The van der Waals surface area contributed by atoms with Gasteiger partial charge in [0, 0.05) is 13.1 Å². The fourth-order valence-electron chi connectivity index (χ4n) is 2.44. The lowest BCUT2D eigenvalue weighted by Gasteiger charge is -2.21. The summed E-state index contributed by atoms with van der Waals surface area (Å²) >= 11 is 0. The number of aryl methyl sites for hydroxylation is 2. The molecule has 0 radical (unpaired) electrons. The molecule has 19 heavy (non-hydrogen) atoms. The van der Waals surface area contributed by atoms with Crippen LogP contribution in [0.4, 0.5) is 5.69 Å². The van der Waals surface area contributed by atoms with Crippen LogP contribution in [0.25, 0.3) is 0 Å². The van der Waals surface area contributed by atoms with Crippen LogP contribution in [-0.2, 0) is 10.0 Å². The van der Waals surface area contributed by atoms with Crippen molar-refractivity contribution in [1.82, 2.24) is 4.31 Å². The fraction of sp³-hybridized carbons (Fsp3) is 0.571. The normalized spacial score (nSPS) is 19.8. The molecule has 1 saturated heterocycles. The number of rotatable bonds is 2. The highest BCUT2D eigenvalue weighted by molar-refractivity contribution is 7.89. The maximum Gasteiger partial charge on any atom is 0.245 e. The molecule has 0 saturated carbocycles. The van der Waals surface area contributed by atoms with Gasteiger partial charge in [-0.3, -0.25) is 0 Å². The number of nitrogens with two attached hydrogens (primary N) is 1. The highest BCUT2D eigenvalue weighted by Gasteiger charge is 2.37. The molecule has 0 bridgehead atoms. The first-order valence-electron chi connectivity index (χ1n) is 6.50. The van der Waals surface area contributed by atoms with Crippen molar-refractivity contribution in [1.29, 1.82) is 0 Å². The van der Waals surface area contributed by atoms with E-state index in [1.807, 2.05) is 13.8 Å². The smallest absolute Gasteiger partial charge is 0.245 e. The molecule has 2 N–H and O–H groups in total. The van der Waals surface area contributed by atoms with Gasteiger partial charge in [-0.2, -0.15) is 4.31 Å². The van der Waals surface area contributed by atoms with Gasteiger partial charge in [-0.1, -0.05) is 13.8 Å². The van der Waals surface area contributed by atoms with E-state index in [0.717, 1.165) is 17.5 Å². The van der Waals surface area contributed by atoms with Gasteiger partial charge in [0.05, 0.1) is 5.69 Å². The molecular weight excluding hydrogens is 260 g/mol. The maximum absolute atomic E-state index is 12.7. The highest BCUT2D eigenvalue weighted by Crippen LogP contribution is 2.34. The molecule has 0 unspecified atom stereocenters. The monoisotopic (exact) mass is 282 g/mol. The molecule has 0 amide bonds. The van der Waals surface area contributed by atoms with E-state index in [1.54, 1.807) is 16.4 Å². The van der Waals surface area contributed by atoms with Crippen molar-refractivity contribution in [2.45, 2.75) is 39.0 Å². The third-order valence-corrected chi connectivity index (χ3v) is 5.79. The molecule has 5 heteroatoms. The molecule has 0 aromatic heterocycles. The van der Waals surface area contributed by atoms with Gasteiger partial charge in [-0.25, -0.2) is 8.42 Å². The third kappa shape index (κ3) is 2.62. The first kappa shape index (κ1) is 14.3. The zero-order valence-corrected chi connectivity index (χ0v) is 12.8. The van der Waals surface area contributed by atoms with Crippen LogP contribution in [-0.4, -0.2) is 25.8 Å². The minimum Gasteiger partial charge on any atom is -0.398 e. The summed E-state index contributed by atoms with van der Waals surface area (Å²) in [4.78, 5) is 0.244. The van der Waals surface area contributed by atoms with Crippen molar-refractivity contribution in [2.75, 3.05) is 18.8 Å². The average Bonchev–Trinajstić information content (AvgIpc) is 2.64. The fourth-order valence-corrected chi connectivity index (χ4v) is 4.25. The lowest BCUT2D eigenvalue weighted by Crippen LogP contribution is -2.31. The Morgan fingerprint density at radius 1 is 1.21 bits per heavy atom. The van der Waals surface area contributed by atoms with Crippen LogP contribution in [0.3, 0.4) is 0 Å². The second-order valence-corrected chi connectivity index (χ2v) is 8.13. The maximum atomic E-state index is 12.7. The zero-order chi connectivity index (χ0) is 14.4. The lowest BCUT2D eigenvalue weighted by molar-refractivity contribution is 0.375. The summed E-state index contributed by atoms with van der Waals surface area (Å²) in [5, 5.41) is 0. The largest absolute Gasteiger partial charge is 0.398 e. The van der Waals surface area contributed by atoms with Gasteiger partial charge in [0.25, 0.3) is 0 Å². The van der Waals surface area contributed by atoms with E-state index in [0.29, 0.717) is 18.8 Å². The summed E-state index contributed by atoms with van der Waals surface area (Å²) in [6.45, 7) is 9.14. The molecule has 1 aromatic rings. The summed E-state index contributed by atoms with van der Waals surface area (Å²) in [6.07, 6.45) is 0.886. The number of sulfonamides is 1. The molecule has 1 aromatic carbocycles. The van der Waals surface area contributed by atoms with E-state index in [9.17, 15) is 8.42 Å². The molecule has 1 fully saturated rings. The van der Waals surface area contributed by atoms with Crippen molar-refractivity contribution < 1.29 is 8.42 Å². The summed E-state index contributed by atoms with van der Waals surface area (Å²) in [5.74, 6) is 0. The molecule has 1 heterocycles. The molecule has 0 atom stereocenters. The third-order valence-electron chi connectivity index (χ3n) is 3.89. The van der Waals surface area contributed by atoms with Crippen molar-refractivity contribution >= 4 is 15.7 Å². The molecular formula is C14H22N2O2S. The molecule has 106 valence electrons.